The number of carbonyl (C=O) groups is 3. The number of benzene rings is 2. The highest BCUT2D eigenvalue weighted by molar-refractivity contribution is 6.05. The fourth-order valence-electron chi connectivity index (χ4n) is 2.78. The molecular weight excluding hydrogens is 400 g/mol. The number of cyclic esters (lactones) is 1. The number of carbonyl (C=O) groups excluding carboxylic acids is 3. The maximum absolute atomic E-state index is 12.5. The van der Waals surface area contributed by atoms with E-state index >= 15 is 0 Å². The number of amides is 3. The van der Waals surface area contributed by atoms with E-state index in [1.165, 1.54) is 35.2 Å². The number of ether oxygens (including phenoxy) is 2. The van der Waals surface area contributed by atoms with Crippen molar-refractivity contribution in [3.8, 4) is 5.75 Å². The third-order valence-electron chi connectivity index (χ3n) is 4.27. The van der Waals surface area contributed by atoms with Gasteiger partial charge in [0.1, 0.15) is 18.9 Å². The van der Waals surface area contributed by atoms with Crippen LogP contribution in [0.3, 0.4) is 0 Å². The Kier molecular flexibility index (Phi) is 6.45. The summed E-state index contributed by atoms with van der Waals surface area (Å²) in [5, 5.41) is 5.27. The smallest absolute Gasteiger partial charge is 0.410 e. The fraction of sp³-hybridized carbons (Fsp3) is 0.250. The minimum absolute atomic E-state index is 0.0832. The van der Waals surface area contributed by atoms with Crippen LogP contribution < -0.4 is 15.4 Å². The second kappa shape index (κ2) is 9.21. The van der Waals surface area contributed by atoms with Crippen molar-refractivity contribution in [2.75, 3.05) is 30.3 Å². The quantitative estimate of drug-likeness (QED) is 0.718. The average Bonchev–Trinajstić information content (AvgIpc) is 3.07. The van der Waals surface area contributed by atoms with E-state index in [0.29, 0.717) is 12.2 Å². The summed E-state index contributed by atoms with van der Waals surface area (Å²) in [6.07, 6.45) is -0.548. The molecule has 0 radical (unpaired) electrons. The Morgan fingerprint density at radius 1 is 1.20 bits per heavy atom. The number of nitrogens with one attached hydrogen (secondary N) is 2. The SMILES string of the molecule is Cc1ccc(C(=O)Nc2cccc(OC(F)F)c2)cc1NC(=O)CN1CCOC1=O. The van der Waals surface area contributed by atoms with Gasteiger partial charge in [0, 0.05) is 23.0 Å². The van der Waals surface area contributed by atoms with Crippen LogP contribution in [0.15, 0.2) is 42.5 Å². The Morgan fingerprint density at radius 3 is 2.70 bits per heavy atom. The molecule has 30 heavy (non-hydrogen) atoms. The van der Waals surface area contributed by atoms with Gasteiger partial charge in [-0.1, -0.05) is 12.1 Å². The first kappa shape index (κ1) is 21.0. The highest BCUT2D eigenvalue weighted by Crippen LogP contribution is 2.22. The van der Waals surface area contributed by atoms with Crippen molar-refractivity contribution in [3.63, 3.8) is 0 Å². The van der Waals surface area contributed by atoms with Crippen LogP contribution in [-0.4, -0.2) is 49.1 Å². The summed E-state index contributed by atoms with van der Waals surface area (Å²) in [4.78, 5) is 37.5. The molecule has 8 nitrogen and oxygen atoms in total. The first-order chi connectivity index (χ1) is 14.3. The number of aryl methyl sites for hydroxylation is 1. The zero-order valence-electron chi connectivity index (χ0n) is 16.0. The molecule has 1 aliphatic heterocycles. The molecule has 1 aliphatic rings. The summed E-state index contributed by atoms with van der Waals surface area (Å²) in [7, 11) is 0. The molecule has 0 aliphatic carbocycles. The molecule has 2 aromatic rings. The minimum Gasteiger partial charge on any atom is -0.448 e. The second-order valence-electron chi connectivity index (χ2n) is 6.47. The highest BCUT2D eigenvalue weighted by atomic mass is 19.3. The van der Waals surface area contributed by atoms with Crippen LogP contribution in [0.25, 0.3) is 0 Å². The van der Waals surface area contributed by atoms with Gasteiger partial charge < -0.3 is 20.1 Å². The second-order valence-corrected chi connectivity index (χ2v) is 6.47. The molecule has 0 saturated carbocycles. The third kappa shape index (κ3) is 5.43. The molecule has 2 N–H and O–H groups in total. The molecule has 0 bridgehead atoms. The molecule has 10 heteroatoms. The lowest BCUT2D eigenvalue weighted by Gasteiger charge is -2.14. The van der Waals surface area contributed by atoms with E-state index in [2.05, 4.69) is 15.4 Å². The fourth-order valence-corrected chi connectivity index (χ4v) is 2.78. The van der Waals surface area contributed by atoms with Gasteiger partial charge in [-0.3, -0.25) is 14.5 Å². The lowest BCUT2D eigenvalue weighted by molar-refractivity contribution is -0.116. The Morgan fingerprint density at radius 2 is 2.00 bits per heavy atom. The van der Waals surface area contributed by atoms with Crippen LogP contribution in [-0.2, 0) is 9.53 Å². The van der Waals surface area contributed by atoms with Crippen molar-refractivity contribution >= 4 is 29.3 Å². The largest absolute Gasteiger partial charge is 0.448 e. The van der Waals surface area contributed by atoms with E-state index in [4.69, 9.17) is 4.74 Å². The van der Waals surface area contributed by atoms with E-state index in [9.17, 15) is 23.2 Å². The number of hydrogen-bond donors (Lipinski definition) is 2. The Bertz CT molecular complexity index is 967. The van der Waals surface area contributed by atoms with Gasteiger partial charge in [-0.2, -0.15) is 8.78 Å². The molecule has 1 fully saturated rings. The monoisotopic (exact) mass is 419 g/mol. The van der Waals surface area contributed by atoms with Crippen LogP contribution in [0.5, 0.6) is 5.75 Å². The molecule has 2 aromatic carbocycles. The minimum atomic E-state index is -2.97. The lowest BCUT2D eigenvalue weighted by atomic mass is 10.1. The van der Waals surface area contributed by atoms with Gasteiger partial charge >= 0.3 is 12.7 Å². The van der Waals surface area contributed by atoms with Crippen LogP contribution in [0.4, 0.5) is 25.0 Å². The Hall–Kier alpha value is -3.69. The summed E-state index contributed by atoms with van der Waals surface area (Å²) in [5.41, 5.74) is 1.65. The number of alkyl halides is 2. The molecule has 0 aromatic heterocycles. The highest BCUT2D eigenvalue weighted by Gasteiger charge is 2.24. The zero-order chi connectivity index (χ0) is 21.7. The van der Waals surface area contributed by atoms with Gasteiger partial charge in [-0.25, -0.2) is 4.79 Å². The standard InChI is InChI=1S/C20H19F2N3O5/c1-12-5-6-13(9-16(12)24-17(26)11-25-7-8-29-20(25)28)18(27)23-14-3-2-4-15(10-14)30-19(21)22/h2-6,9-10,19H,7-8,11H2,1H3,(H,23,27)(H,24,26). The van der Waals surface area contributed by atoms with Gasteiger partial charge in [-0.15, -0.1) is 0 Å². The van der Waals surface area contributed by atoms with Crippen LogP contribution in [0.2, 0.25) is 0 Å². The van der Waals surface area contributed by atoms with Crippen molar-refractivity contribution < 1.29 is 32.6 Å². The lowest BCUT2D eigenvalue weighted by Crippen LogP contribution is -2.34. The van der Waals surface area contributed by atoms with Gasteiger partial charge in [0.05, 0.1) is 6.54 Å². The molecule has 0 unspecified atom stereocenters. The summed E-state index contributed by atoms with van der Waals surface area (Å²) in [5.74, 6) is -1.01. The number of nitrogens with zero attached hydrogens (tertiary/aromatic N) is 1. The summed E-state index contributed by atoms with van der Waals surface area (Å²) >= 11 is 0. The molecule has 1 heterocycles. The number of anilines is 2. The first-order valence-corrected chi connectivity index (χ1v) is 9.00. The van der Waals surface area contributed by atoms with Gasteiger partial charge in [0.2, 0.25) is 5.91 Å². The van der Waals surface area contributed by atoms with Crippen LogP contribution in [0.1, 0.15) is 15.9 Å². The average molecular weight is 419 g/mol. The number of halogens is 2. The van der Waals surface area contributed by atoms with E-state index in [1.54, 1.807) is 19.1 Å². The van der Waals surface area contributed by atoms with E-state index < -0.39 is 24.5 Å². The van der Waals surface area contributed by atoms with Crippen molar-refractivity contribution in [1.82, 2.24) is 4.90 Å². The van der Waals surface area contributed by atoms with Crippen LogP contribution >= 0.6 is 0 Å². The van der Waals surface area contributed by atoms with Crippen LogP contribution in [0, 0.1) is 6.92 Å². The maximum atomic E-state index is 12.5. The van der Waals surface area contributed by atoms with Crippen molar-refractivity contribution in [2.45, 2.75) is 13.5 Å². The van der Waals surface area contributed by atoms with Crippen molar-refractivity contribution in [1.29, 1.82) is 0 Å². The maximum Gasteiger partial charge on any atom is 0.410 e. The summed E-state index contributed by atoms with van der Waals surface area (Å²) < 4.78 is 33.8. The predicted molar refractivity (Wildman–Crippen MR) is 104 cm³/mol. The summed E-state index contributed by atoms with van der Waals surface area (Å²) in [6.45, 7) is -0.800. The predicted octanol–water partition coefficient (Wildman–Crippen LogP) is 3.24. The molecule has 1 saturated heterocycles. The van der Waals surface area contributed by atoms with E-state index in [0.717, 1.165) is 5.56 Å². The third-order valence-corrected chi connectivity index (χ3v) is 4.27. The molecular formula is C20H19F2N3O5. The Balaban J connectivity index is 1.67. The zero-order valence-corrected chi connectivity index (χ0v) is 16.0. The van der Waals surface area contributed by atoms with E-state index in [-0.39, 0.29) is 30.2 Å². The molecule has 3 rings (SSSR count). The van der Waals surface area contributed by atoms with E-state index in [1.807, 2.05) is 0 Å². The normalized spacial score (nSPS) is 13.2. The topological polar surface area (TPSA) is 97.0 Å². The van der Waals surface area contributed by atoms with Crippen molar-refractivity contribution in [3.05, 3.63) is 53.6 Å². The van der Waals surface area contributed by atoms with Crippen molar-refractivity contribution in [2.24, 2.45) is 0 Å². The summed E-state index contributed by atoms with van der Waals surface area (Å²) in [6, 6.07) is 10.3. The molecule has 3 amide bonds. The number of rotatable bonds is 7. The number of hydrogen-bond acceptors (Lipinski definition) is 5. The van der Waals surface area contributed by atoms with Gasteiger partial charge in [-0.05, 0) is 36.8 Å². The first-order valence-electron chi connectivity index (χ1n) is 9.00. The van der Waals surface area contributed by atoms with Gasteiger partial charge in [0.15, 0.2) is 0 Å². The van der Waals surface area contributed by atoms with Gasteiger partial charge in [0.25, 0.3) is 5.91 Å². The molecule has 0 spiro atoms. The molecule has 158 valence electrons. The Labute approximate surface area is 170 Å². The molecule has 0 atom stereocenters.